The number of hydrogen-bond donors (Lipinski definition) is 2. The van der Waals surface area contributed by atoms with Gasteiger partial charge in [-0.3, -0.25) is 0 Å². The smallest absolute Gasteiger partial charge is 0.151 e. The largest absolute Gasteiger partial charge is 0.387 e. The summed E-state index contributed by atoms with van der Waals surface area (Å²) in [5.41, 5.74) is 9.63. The normalized spacial score (nSPS) is 20.4. The van der Waals surface area contributed by atoms with Gasteiger partial charge in [0.05, 0.1) is 11.1 Å². The number of hydrogen-bond acceptors (Lipinski definition) is 9. The Morgan fingerprint density at radius 3 is 2.77 bits per heavy atom. The summed E-state index contributed by atoms with van der Waals surface area (Å²) in [6.07, 6.45) is 8.61. The van der Waals surface area contributed by atoms with Gasteiger partial charge in [-0.1, -0.05) is 11.3 Å². The summed E-state index contributed by atoms with van der Waals surface area (Å²) in [5.74, 6) is 2.16. The van der Waals surface area contributed by atoms with E-state index in [-0.39, 0.29) is 0 Å². The molecule has 0 unspecified atom stereocenters. The molecule has 3 aromatic rings. The zero-order chi connectivity index (χ0) is 21.4. The standard InChI is InChI=1S/C22H24N8S/c1-25-18-9-19(30-7-6-15-8-13(10-23)11-27-20(15)30)26-12-17(18)22-29-28-21(31-22)14-2-4-16(24)5-3-14/h8-9,11-12,14,16H,2-7,24H2,1H3,(H,25,26). The Morgan fingerprint density at radius 2 is 2.00 bits per heavy atom. The molecule has 1 aliphatic heterocycles. The van der Waals surface area contributed by atoms with Crippen molar-refractivity contribution in [2.45, 2.75) is 44.1 Å². The van der Waals surface area contributed by atoms with E-state index in [1.807, 2.05) is 25.4 Å². The van der Waals surface area contributed by atoms with Crippen LogP contribution >= 0.6 is 11.3 Å². The fraction of sp³-hybridized carbons (Fsp3) is 0.409. The van der Waals surface area contributed by atoms with E-state index in [9.17, 15) is 0 Å². The third kappa shape index (κ3) is 3.73. The average molecular weight is 433 g/mol. The average Bonchev–Trinajstić information content (AvgIpc) is 3.46. The molecule has 5 rings (SSSR count). The molecule has 1 aliphatic carbocycles. The lowest BCUT2D eigenvalue weighted by Gasteiger charge is -2.23. The van der Waals surface area contributed by atoms with Crippen LogP contribution in [0.25, 0.3) is 10.6 Å². The highest BCUT2D eigenvalue weighted by atomic mass is 32.1. The fourth-order valence-electron chi connectivity index (χ4n) is 4.40. The van der Waals surface area contributed by atoms with Gasteiger partial charge in [0.2, 0.25) is 0 Å². The highest BCUT2D eigenvalue weighted by molar-refractivity contribution is 7.14. The molecule has 0 saturated heterocycles. The number of rotatable bonds is 4. The predicted molar refractivity (Wildman–Crippen MR) is 122 cm³/mol. The van der Waals surface area contributed by atoms with Crippen LogP contribution in [0.4, 0.5) is 17.3 Å². The van der Waals surface area contributed by atoms with E-state index in [4.69, 9.17) is 16.0 Å². The van der Waals surface area contributed by atoms with E-state index in [1.54, 1.807) is 17.5 Å². The lowest BCUT2D eigenvalue weighted by molar-refractivity contribution is 0.393. The third-order valence-corrected chi connectivity index (χ3v) is 7.28. The predicted octanol–water partition coefficient (Wildman–Crippen LogP) is 3.59. The van der Waals surface area contributed by atoms with Crippen molar-refractivity contribution in [3.8, 4) is 16.6 Å². The van der Waals surface area contributed by atoms with Crippen molar-refractivity contribution in [2.24, 2.45) is 5.73 Å². The van der Waals surface area contributed by atoms with Gasteiger partial charge in [-0.2, -0.15) is 5.26 Å². The van der Waals surface area contributed by atoms with Crippen molar-refractivity contribution in [3.05, 3.63) is 40.7 Å². The quantitative estimate of drug-likeness (QED) is 0.642. The van der Waals surface area contributed by atoms with Crippen molar-refractivity contribution >= 4 is 28.7 Å². The molecule has 1 fully saturated rings. The molecule has 2 aliphatic rings. The maximum absolute atomic E-state index is 9.12. The molecule has 3 aromatic heterocycles. The van der Waals surface area contributed by atoms with Crippen molar-refractivity contribution in [1.82, 2.24) is 20.2 Å². The second kappa shape index (κ2) is 8.21. The maximum atomic E-state index is 9.12. The van der Waals surface area contributed by atoms with Crippen LogP contribution in [0.5, 0.6) is 0 Å². The number of fused-ring (bicyclic) bond motifs is 1. The number of aromatic nitrogens is 4. The summed E-state index contributed by atoms with van der Waals surface area (Å²) in [6.45, 7) is 0.791. The molecule has 1 saturated carbocycles. The van der Waals surface area contributed by atoms with Gasteiger partial charge < -0.3 is 16.0 Å². The Balaban J connectivity index is 1.42. The van der Waals surface area contributed by atoms with Crippen LogP contribution in [0.2, 0.25) is 0 Å². The molecule has 0 spiro atoms. The summed E-state index contributed by atoms with van der Waals surface area (Å²) < 4.78 is 0. The molecule has 0 bridgehead atoms. The van der Waals surface area contributed by atoms with Gasteiger partial charge in [0, 0.05) is 49.7 Å². The number of pyridine rings is 2. The summed E-state index contributed by atoms with van der Waals surface area (Å²) >= 11 is 1.65. The van der Waals surface area contributed by atoms with Crippen LogP contribution in [0.1, 0.15) is 47.7 Å². The van der Waals surface area contributed by atoms with E-state index in [2.05, 4.69) is 31.5 Å². The molecule has 0 aromatic carbocycles. The Hall–Kier alpha value is -3.09. The van der Waals surface area contributed by atoms with Gasteiger partial charge in [-0.25, -0.2) is 9.97 Å². The van der Waals surface area contributed by atoms with Crippen molar-refractivity contribution in [2.75, 3.05) is 23.8 Å². The Morgan fingerprint density at radius 1 is 1.16 bits per heavy atom. The van der Waals surface area contributed by atoms with Gasteiger partial charge in [0.25, 0.3) is 0 Å². The molecule has 0 radical (unpaired) electrons. The van der Waals surface area contributed by atoms with Crippen LogP contribution in [0.15, 0.2) is 24.5 Å². The van der Waals surface area contributed by atoms with Crippen molar-refractivity contribution in [1.29, 1.82) is 5.26 Å². The zero-order valence-electron chi connectivity index (χ0n) is 17.4. The number of nitrogens with one attached hydrogen (secondary N) is 1. The number of nitrogens with zero attached hydrogens (tertiary/aromatic N) is 6. The fourth-order valence-corrected chi connectivity index (χ4v) is 5.43. The van der Waals surface area contributed by atoms with Crippen molar-refractivity contribution in [3.63, 3.8) is 0 Å². The molecule has 0 atom stereocenters. The molecule has 3 N–H and O–H groups in total. The van der Waals surface area contributed by atoms with E-state index in [0.29, 0.717) is 17.5 Å². The summed E-state index contributed by atoms with van der Waals surface area (Å²) in [4.78, 5) is 11.3. The van der Waals surface area contributed by atoms with Crippen molar-refractivity contribution < 1.29 is 0 Å². The molecular formula is C22H24N8S. The molecule has 158 valence electrons. The highest BCUT2D eigenvalue weighted by Gasteiger charge is 2.26. The molecule has 8 nitrogen and oxygen atoms in total. The van der Waals surface area contributed by atoms with E-state index in [0.717, 1.165) is 77.1 Å². The number of anilines is 3. The topological polar surface area (TPSA) is 117 Å². The minimum Gasteiger partial charge on any atom is -0.387 e. The second-order valence-corrected chi connectivity index (χ2v) is 9.12. The van der Waals surface area contributed by atoms with Gasteiger partial charge >= 0.3 is 0 Å². The summed E-state index contributed by atoms with van der Waals surface area (Å²) in [5, 5.41) is 23.3. The van der Waals surface area contributed by atoms with Gasteiger partial charge in [0.15, 0.2) is 5.01 Å². The SMILES string of the molecule is CNc1cc(N2CCc3cc(C#N)cnc32)ncc1-c1nnc(C2CCC(N)CC2)s1. The minimum atomic E-state index is 0.327. The monoisotopic (exact) mass is 432 g/mol. The van der Waals surface area contributed by atoms with Crippen LogP contribution in [0.3, 0.4) is 0 Å². The highest BCUT2D eigenvalue weighted by Crippen LogP contribution is 2.39. The van der Waals surface area contributed by atoms with E-state index in [1.165, 1.54) is 0 Å². The number of nitrogens with two attached hydrogens (primary N) is 1. The first-order chi connectivity index (χ1) is 15.2. The molecule has 9 heteroatoms. The minimum absolute atomic E-state index is 0.327. The van der Waals surface area contributed by atoms with Crippen LogP contribution in [-0.2, 0) is 6.42 Å². The first kappa shape index (κ1) is 19.8. The first-order valence-corrected chi connectivity index (χ1v) is 11.4. The zero-order valence-corrected chi connectivity index (χ0v) is 18.2. The summed E-state index contributed by atoms with van der Waals surface area (Å²) in [6, 6.07) is 6.43. The van der Waals surface area contributed by atoms with Gasteiger partial charge in [0.1, 0.15) is 22.7 Å². The second-order valence-electron chi connectivity index (χ2n) is 8.12. The number of nitriles is 1. The van der Waals surface area contributed by atoms with E-state index < -0.39 is 0 Å². The van der Waals surface area contributed by atoms with Gasteiger partial charge in [-0.15, -0.1) is 10.2 Å². The lowest BCUT2D eigenvalue weighted by Crippen LogP contribution is -2.25. The maximum Gasteiger partial charge on any atom is 0.151 e. The summed E-state index contributed by atoms with van der Waals surface area (Å²) in [7, 11) is 1.91. The van der Waals surface area contributed by atoms with Crippen LogP contribution < -0.4 is 16.0 Å². The Labute approximate surface area is 185 Å². The Kier molecular flexibility index (Phi) is 5.26. The van der Waals surface area contributed by atoms with Crippen LogP contribution in [-0.4, -0.2) is 39.8 Å². The Bertz CT molecular complexity index is 1140. The van der Waals surface area contributed by atoms with E-state index >= 15 is 0 Å². The lowest BCUT2D eigenvalue weighted by atomic mass is 9.87. The van der Waals surface area contributed by atoms with Gasteiger partial charge in [-0.05, 0) is 43.7 Å². The molecule has 0 amide bonds. The molecule has 4 heterocycles. The van der Waals surface area contributed by atoms with Crippen LogP contribution in [0, 0.1) is 11.3 Å². The molecular weight excluding hydrogens is 408 g/mol. The molecule has 31 heavy (non-hydrogen) atoms. The first-order valence-electron chi connectivity index (χ1n) is 10.6. The third-order valence-electron chi connectivity index (χ3n) is 6.16.